The Bertz CT molecular complexity index is 623. The molecule has 1 heterocycles. The summed E-state index contributed by atoms with van der Waals surface area (Å²) in [7, 11) is 1.80. The molecule has 1 aromatic carbocycles. The van der Waals surface area contributed by atoms with Gasteiger partial charge in [-0.1, -0.05) is 24.3 Å². The normalized spacial score (nSPS) is 21.0. The number of fused-ring (bicyclic) bond motifs is 1. The van der Waals surface area contributed by atoms with Crippen LogP contribution in [0.3, 0.4) is 0 Å². The third-order valence-electron chi connectivity index (χ3n) is 5.56. The van der Waals surface area contributed by atoms with E-state index >= 15 is 0 Å². The van der Waals surface area contributed by atoms with Gasteiger partial charge in [-0.3, -0.25) is 4.99 Å². The highest BCUT2D eigenvalue weighted by atomic mass is 127. The molecule has 1 aliphatic carbocycles. The molecule has 1 aliphatic heterocycles. The van der Waals surface area contributed by atoms with Crippen molar-refractivity contribution in [3.8, 4) is 0 Å². The first-order chi connectivity index (χ1) is 14.4. The quantitative estimate of drug-likeness (QED) is 0.197. The lowest BCUT2D eigenvalue weighted by Gasteiger charge is -2.25. The summed E-state index contributed by atoms with van der Waals surface area (Å²) in [5.74, 6) is 0.840. The Morgan fingerprint density at radius 2 is 1.90 bits per heavy atom. The first-order valence-corrected chi connectivity index (χ1v) is 11.2. The molecular formula is C23H38IN3O3. The predicted octanol–water partition coefficient (Wildman–Crippen LogP) is 3.84. The van der Waals surface area contributed by atoms with Gasteiger partial charge < -0.3 is 24.8 Å². The number of aryl methyl sites for hydroxylation is 1. The fraction of sp³-hybridized carbons (Fsp3) is 0.696. The number of hydrogen-bond donors (Lipinski definition) is 2. The van der Waals surface area contributed by atoms with Gasteiger partial charge in [0.2, 0.25) is 0 Å². The Morgan fingerprint density at radius 3 is 2.67 bits per heavy atom. The van der Waals surface area contributed by atoms with Crippen LogP contribution in [0.4, 0.5) is 0 Å². The van der Waals surface area contributed by atoms with Crippen molar-refractivity contribution in [3.05, 3.63) is 35.4 Å². The minimum atomic E-state index is 0. The van der Waals surface area contributed by atoms with Gasteiger partial charge in [0.1, 0.15) is 0 Å². The van der Waals surface area contributed by atoms with Gasteiger partial charge >= 0.3 is 0 Å². The van der Waals surface area contributed by atoms with E-state index in [1.807, 2.05) is 0 Å². The van der Waals surface area contributed by atoms with E-state index in [0.29, 0.717) is 6.10 Å². The Morgan fingerprint density at radius 1 is 1.10 bits per heavy atom. The summed E-state index contributed by atoms with van der Waals surface area (Å²) >= 11 is 0. The average molecular weight is 531 g/mol. The summed E-state index contributed by atoms with van der Waals surface area (Å²) in [6.45, 7) is 4.82. The van der Waals surface area contributed by atoms with Crippen LogP contribution in [0.1, 0.15) is 55.8 Å². The largest absolute Gasteiger partial charge is 0.379 e. The average Bonchev–Trinajstić information content (AvgIpc) is 3.28. The summed E-state index contributed by atoms with van der Waals surface area (Å²) in [6.07, 6.45) is 8.30. The molecule has 0 spiro atoms. The zero-order chi connectivity index (χ0) is 20.2. The third-order valence-corrected chi connectivity index (χ3v) is 5.56. The molecule has 7 heteroatoms. The molecule has 0 radical (unpaired) electrons. The summed E-state index contributed by atoms with van der Waals surface area (Å²) in [6, 6.07) is 8.69. The van der Waals surface area contributed by atoms with Crippen LogP contribution in [-0.4, -0.2) is 58.6 Å². The molecule has 2 aliphatic rings. The van der Waals surface area contributed by atoms with Gasteiger partial charge in [0.15, 0.2) is 5.96 Å². The van der Waals surface area contributed by atoms with E-state index in [4.69, 9.17) is 14.2 Å². The van der Waals surface area contributed by atoms with Gasteiger partial charge in [-0.15, -0.1) is 24.0 Å². The maximum absolute atomic E-state index is 6.17. The fourth-order valence-corrected chi connectivity index (χ4v) is 3.98. The molecule has 2 N–H and O–H groups in total. The summed E-state index contributed by atoms with van der Waals surface area (Å²) in [4.78, 5) is 4.28. The van der Waals surface area contributed by atoms with Crippen LogP contribution in [0.15, 0.2) is 29.3 Å². The van der Waals surface area contributed by atoms with E-state index in [1.54, 1.807) is 7.05 Å². The lowest BCUT2D eigenvalue weighted by Crippen LogP contribution is -2.38. The molecule has 30 heavy (non-hydrogen) atoms. The van der Waals surface area contributed by atoms with Gasteiger partial charge in [-0.25, -0.2) is 0 Å². The molecule has 6 nitrogen and oxygen atoms in total. The summed E-state index contributed by atoms with van der Waals surface area (Å²) in [5, 5.41) is 6.70. The van der Waals surface area contributed by atoms with E-state index < -0.39 is 0 Å². The van der Waals surface area contributed by atoms with Crippen molar-refractivity contribution < 1.29 is 14.2 Å². The van der Waals surface area contributed by atoms with Gasteiger partial charge in [-0.05, 0) is 56.1 Å². The first kappa shape index (κ1) is 25.4. The van der Waals surface area contributed by atoms with Gasteiger partial charge in [0, 0.05) is 40.0 Å². The highest BCUT2D eigenvalue weighted by Gasteiger charge is 2.19. The lowest BCUT2D eigenvalue weighted by atomic mass is 9.89. The van der Waals surface area contributed by atoms with E-state index in [9.17, 15) is 0 Å². The Hall–Kier alpha value is -0.900. The van der Waals surface area contributed by atoms with Crippen LogP contribution in [-0.2, 0) is 20.6 Å². The number of benzene rings is 1. The minimum absolute atomic E-state index is 0. The topological polar surface area (TPSA) is 64.1 Å². The number of ether oxygens (including phenoxy) is 3. The van der Waals surface area contributed by atoms with Crippen LogP contribution in [0.5, 0.6) is 0 Å². The van der Waals surface area contributed by atoms with Crippen molar-refractivity contribution in [2.45, 2.75) is 57.2 Å². The highest BCUT2D eigenvalue weighted by Crippen LogP contribution is 2.32. The standard InChI is InChI=1S/C23H37N3O3.HI/c1-24-23(25-13-6-15-27-18-20-10-5-16-28-20)26-14-7-17-29-22-12-4-9-19-8-2-3-11-21(19)22;/h2-3,8,11,20,22H,4-7,9-10,12-18H2,1H3,(H2,24,25,26);1H. The van der Waals surface area contributed by atoms with Crippen LogP contribution in [0.25, 0.3) is 0 Å². The zero-order valence-electron chi connectivity index (χ0n) is 18.2. The van der Waals surface area contributed by atoms with E-state index in [1.165, 1.54) is 24.0 Å². The maximum atomic E-state index is 6.17. The number of nitrogens with one attached hydrogen (secondary N) is 2. The molecule has 3 rings (SSSR count). The SMILES string of the molecule is CN=C(NCCCOCC1CCCO1)NCCCOC1CCCc2ccccc21.I. The van der Waals surface area contributed by atoms with E-state index in [2.05, 4.69) is 39.9 Å². The molecule has 0 bridgehead atoms. The number of guanidine groups is 1. The molecule has 0 amide bonds. The highest BCUT2D eigenvalue weighted by molar-refractivity contribution is 14.0. The number of nitrogens with zero attached hydrogens (tertiary/aromatic N) is 1. The molecule has 170 valence electrons. The third kappa shape index (κ3) is 8.69. The zero-order valence-corrected chi connectivity index (χ0v) is 20.6. The second-order valence-electron chi connectivity index (χ2n) is 7.79. The molecule has 0 saturated carbocycles. The Balaban J connectivity index is 0.00000320. The monoisotopic (exact) mass is 531 g/mol. The summed E-state index contributed by atoms with van der Waals surface area (Å²) in [5.41, 5.74) is 2.83. The lowest BCUT2D eigenvalue weighted by molar-refractivity contribution is 0.0168. The van der Waals surface area contributed by atoms with Crippen LogP contribution < -0.4 is 10.6 Å². The Labute approximate surface area is 198 Å². The first-order valence-electron chi connectivity index (χ1n) is 11.2. The van der Waals surface area contributed by atoms with Crippen LogP contribution in [0.2, 0.25) is 0 Å². The summed E-state index contributed by atoms with van der Waals surface area (Å²) < 4.78 is 17.4. The molecule has 1 fully saturated rings. The van der Waals surface area contributed by atoms with E-state index in [-0.39, 0.29) is 30.1 Å². The number of hydrogen-bond acceptors (Lipinski definition) is 4. The van der Waals surface area contributed by atoms with Crippen molar-refractivity contribution in [2.24, 2.45) is 4.99 Å². The van der Waals surface area contributed by atoms with Crippen molar-refractivity contribution >= 4 is 29.9 Å². The predicted molar refractivity (Wildman–Crippen MR) is 132 cm³/mol. The minimum Gasteiger partial charge on any atom is -0.379 e. The Kier molecular flexibility index (Phi) is 12.7. The molecule has 0 aromatic heterocycles. The molecular weight excluding hydrogens is 493 g/mol. The van der Waals surface area contributed by atoms with Crippen LogP contribution in [0, 0.1) is 0 Å². The number of aliphatic imine (C=N–C) groups is 1. The van der Waals surface area contributed by atoms with Gasteiger partial charge in [0.25, 0.3) is 0 Å². The number of rotatable bonds is 11. The maximum Gasteiger partial charge on any atom is 0.190 e. The molecule has 1 saturated heterocycles. The van der Waals surface area contributed by atoms with Gasteiger partial charge in [-0.2, -0.15) is 0 Å². The van der Waals surface area contributed by atoms with E-state index in [0.717, 1.165) is 77.6 Å². The number of halogens is 1. The molecule has 2 unspecified atom stereocenters. The van der Waals surface area contributed by atoms with Crippen molar-refractivity contribution in [1.82, 2.24) is 10.6 Å². The fourth-order valence-electron chi connectivity index (χ4n) is 3.98. The van der Waals surface area contributed by atoms with Crippen molar-refractivity contribution in [2.75, 3.05) is 46.6 Å². The van der Waals surface area contributed by atoms with Crippen molar-refractivity contribution in [3.63, 3.8) is 0 Å². The second kappa shape index (κ2) is 15.0. The van der Waals surface area contributed by atoms with Crippen molar-refractivity contribution in [1.29, 1.82) is 0 Å². The smallest absolute Gasteiger partial charge is 0.190 e. The van der Waals surface area contributed by atoms with Gasteiger partial charge in [0.05, 0.1) is 18.8 Å². The molecule has 1 aromatic rings. The second-order valence-corrected chi connectivity index (χ2v) is 7.79. The molecule has 2 atom stereocenters. The van der Waals surface area contributed by atoms with Crippen LogP contribution >= 0.6 is 24.0 Å².